The number of hydrogen-bond acceptors (Lipinski definition) is 7. The molecule has 35 heavy (non-hydrogen) atoms. The van der Waals surface area contributed by atoms with Crippen molar-refractivity contribution in [2.24, 2.45) is 5.92 Å². The lowest BCUT2D eigenvalue weighted by molar-refractivity contribution is -0.120. The molecule has 1 N–H and O–H groups in total. The summed E-state index contributed by atoms with van der Waals surface area (Å²) in [6.45, 7) is 2.10. The van der Waals surface area contributed by atoms with Gasteiger partial charge in [-0.3, -0.25) is 4.79 Å². The molecule has 0 spiro atoms. The van der Waals surface area contributed by atoms with Gasteiger partial charge in [0.25, 0.3) is 0 Å². The average Bonchev–Trinajstić information content (AvgIpc) is 2.84. The number of anilines is 1. The molecule has 1 saturated heterocycles. The van der Waals surface area contributed by atoms with Crippen molar-refractivity contribution in [1.29, 1.82) is 0 Å². The molecule has 12 heteroatoms. The number of carbonyl (C=O) groups is 1. The largest absolute Gasteiger partial charge is 0.497 e. The van der Waals surface area contributed by atoms with Gasteiger partial charge in [0.15, 0.2) is 0 Å². The van der Waals surface area contributed by atoms with E-state index in [-0.39, 0.29) is 34.5 Å². The summed E-state index contributed by atoms with van der Waals surface area (Å²) in [5.41, 5.74) is 1.13. The van der Waals surface area contributed by atoms with E-state index in [0.717, 1.165) is 9.87 Å². The number of benzene rings is 2. The highest BCUT2D eigenvalue weighted by Gasteiger charge is 2.34. The fourth-order valence-electron chi connectivity index (χ4n) is 3.82. The summed E-state index contributed by atoms with van der Waals surface area (Å²) in [6, 6.07) is 9.16. The van der Waals surface area contributed by atoms with Gasteiger partial charge in [-0.05, 0) is 49.6 Å². The topological polar surface area (TPSA) is 122 Å². The average molecular weight is 526 g/mol. The number of rotatable bonds is 8. The number of nitrogens with one attached hydrogen (secondary N) is 1. The molecule has 1 aliphatic heterocycles. The molecule has 2 aromatic rings. The first kappa shape index (κ1) is 26.9. The monoisotopic (exact) mass is 525 g/mol. The van der Waals surface area contributed by atoms with Crippen molar-refractivity contribution in [2.75, 3.05) is 46.7 Å². The maximum Gasteiger partial charge on any atom is 0.246 e. The predicted molar refractivity (Wildman–Crippen MR) is 132 cm³/mol. The van der Waals surface area contributed by atoms with E-state index in [2.05, 4.69) is 5.32 Å². The van der Waals surface area contributed by atoms with Crippen LogP contribution in [0.15, 0.2) is 46.2 Å². The molecule has 0 saturated carbocycles. The molecule has 0 atom stereocenters. The Bertz CT molecular complexity index is 1300. The Hall–Kier alpha value is -2.67. The lowest BCUT2D eigenvalue weighted by atomic mass is 9.97. The van der Waals surface area contributed by atoms with Gasteiger partial charge in [0, 0.05) is 44.9 Å². The second kappa shape index (κ2) is 10.5. The number of aryl methyl sites for hydroxylation is 1. The number of sulfonamides is 2. The van der Waals surface area contributed by atoms with E-state index in [9.17, 15) is 21.6 Å². The van der Waals surface area contributed by atoms with Crippen LogP contribution < -0.4 is 14.8 Å². The van der Waals surface area contributed by atoms with Crippen molar-refractivity contribution in [3.8, 4) is 11.5 Å². The normalized spacial score (nSPS) is 15.7. The smallest absolute Gasteiger partial charge is 0.246 e. The van der Waals surface area contributed by atoms with Crippen LogP contribution in [0.3, 0.4) is 0 Å². The third kappa shape index (κ3) is 5.61. The zero-order valence-corrected chi connectivity index (χ0v) is 22.1. The first-order chi connectivity index (χ1) is 16.4. The van der Waals surface area contributed by atoms with Crippen LogP contribution in [0.5, 0.6) is 11.5 Å². The van der Waals surface area contributed by atoms with Crippen LogP contribution in [0.25, 0.3) is 0 Å². The Kier molecular flexibility index (Phi) is 8.10. The van der Waals surface area contributed by atoms with Crippen LogP contribution in [0, 0.1) is 12.8 Å². The molecule has 1 heterocycles. The molecule has 0 aromatic heterocycles. The Morgan fingerprint density at radius 1 is 1.00 bits per heavy atom. The van der Waals surface area contributed by atoms with Gasteiger partial charge in [-0.2, -0.15) is 4.31 Å². The number of ether oxygens (including phenoxy) is 2. The second-order valence-corrected chi connectivity index (χ2v) is 12.5. The Morgan fingerprint density at radius 3 is 2.23 bits per heavy atom. The van der Waals surface area contributed by atoms with E-state index in [1.807, 2.05) is 0 Å². The van der Waals surface area contributed by atoms with Gasteiger partial charge in [-0.15, -0.1) is 0 Å². The zero-order chi connectivity index (χ0) is 26.0. The number of carbonyl (C=O) groups excluding carboxylic acids is 1. The standard InChI is InChI=1S/C23H31N3O7S2/c1-16-6-8-19(34(28,29)25(2)3)15-20(16)24-23(27)17-10-12-26(13-11-17)35(30,31)22-14-18(32-4)7-9-21(22)33-5/h6-9,14-15,17H,10-13H2,1-5H3,(H,24,27). The number of nitrogens with zero attached hydrogens (tertiary/aromatic N) is 2. The third-order valence-corrected chi connectivity index (χ3v) is 9.79. The van der Waals surface area contributed by atoms with Crippen LogP contribution in [0.2, 0.25) is 0 Å². The Morgan fingerprint density at radius 2 is 1.66 bits per heavy atom. The molecule has 192 valence electrons. The van der Waals surface area contributed by atoms with E-state index >= 15 is 0 Å². The molecule has 0 aliphatic carbocycles. The van der Waals surface area contributed by atoms with Crippen molar-refractivity contribution in [1.82, 2.24) is 8.61 Å². The van der Waals surface area contributed by atoms with E-state index in [1.165, 1.54) is 50.8 Å². The summed E-state index contributed by atoms with van der Waals surface area (Å²) in [5, 5.41) is 2.82. The number of amides is 1. The molecule has 2 aromatic carbocycles. The Balaban J connectivity index is 1.73. The van der Waals surface area contributed by atoms with E-state index < -0.39 is 26.0 Å². The number of methoxy groups -OCH3 is 2. The summed E-state index contributed by atoms with van der Waals surface area (Å²) < 4.78 is 64.3. The summed E-state index contributed by atoms with van der Waals surface area (Å²) in [6.07, 6.45) is 0.651. The van der Waals surface area contributed by atoms with Crippen molar-refractivity contribution in [2.45, 2.75) is 29.6 Å². The first-order valence-electron chi connectivity index (χ1n) is 11.0. The highest BCUT2D eigenvalue weighted by molar-refractivity contribution is 7.89. The quantitative estimate of drug-likeness (QED) is 0.561. The molecule has 1 aliphatic rings. The summed E-state index contributed by atoms with van der Waals surface area (Å²) in [5.74, 6) is -0.0769. The van der Waals surface area contributed by atoms with Gasteiger partial charge in [0.1, 0.15) is 16.4 Å². The van der Waals surface area contributed by atoms with Gasteiger partial charge < -0.3 is 14.8 Å². The van der Waals surface area contributed by atoms with Crippen molar-refractivity contribution < 1.29 is 31.1 Å². The minimum Gasteiger partial charge on any atom is -0.497 e. The van der Waals surface area contributed by atoms with Gasteiger partial charge in [-0.25, -0.2) is 21.1 Å². The van der Waals surface area contributed by atoms with Crippen LogP contribution in [0.1, 0.15) is 18.4 Å². The summed E-state index contributed by atoms with van der Waals surface area (Å²) in [7, 11) is -1.77. The fourth-order valence-corrected chi connectivity index (χ4v) is 6.39. The fraction of sp³-hybridized carbons (Fsp3) is 0.435. The van der Waals surface area contributed by atoms with Gasteiger partial charge in [0.05, 0.1) is 19.1 Å². The van der Waals surface area contributed by atoms with E-state index in [4.69, 9.17) is 9.47 Å². The summed E-state index contributed by atoms with van der Waals surface area (Å²) >= 11 is 0. The zero-order valence-electron chi connectivity index (χ0n) is 20.4. The minimum absolute atomic E-state index is 0.0109. The molecule has 3 rings (SSSR count). The predicted octanol–water partition coefficient (Wildman–Crippen LogP) is 2.30. The molecule has 0 radical (unpaired) electrons. The molecular weight excluding hydrogens is 494 g/mol. The third-order valence-electron chi connectivity index (χ3n) is 6.06. The van der Waals surface area contributed by atoms with Crippen LogP contribution >= 0.6 is 0 Å². The Labute approximate surface area is 206 Å². The van der Waals surface area contributed by atoms with Crippen molar-refractivity contribution >= 4 is 31.6 Å². The van der Waals surface area contributed by atoms with Crippen LogP contribution in [-0.4, -0.2) is 72.8 Å². The van der Waals surface area contributed by atoms with Gasteiger partial charge in [-0.1, -0.05) is 6.07 Å². The van der Waals surface area contributed by atoms with E-state index in [1.54, 1.807) is 25.1 Å². The first-order valence-corrected chi connectivity index (χ1v) is 13.9. The maximum atomic E-state index is 13.3. The van der Waals surface area contributed by atoms with Gasteiger partial charge in [0.2, 0.25) is 26.0 Å². The second-order valence-electron chi connectivity index (χ2n) is 8.45. The highest BCUT2D eigenvalue weighted by Crippen LogP contribution is 2.33. The summed E-state index contributed by atoms with van der Waals surface area (Å²) in [4.78, 5) is 13.0. The molecule has 1 fully saturated rings. The lowest BCUT2D eigenvalue weighted by Crippen LogP contribution is -2.41. The highest BCUT2D eigenvalue weighted by atomic mass is 32.2. The SMILES string of the molecule is COc1ccc(OC)c(S(=O)(=O)N2CCC(C(=O)Nc3cc(S(=O)(=O)N(C)C)ccc3C)CC2)c1. The van der Waals surface area contributed by atoms with Crippen LogP contribution in [-0.2, 0) is 24.8 Å². The molecular formula is C23H31N3O7S2. The van der Waals surface area contributed by atoms with Crippen LogP contribution in [0.4, 0.5) is 5.69 Å². The van der Waals surface area contributed by atoms with Gasteiger partial charge >= 0.3 is 0 Å². The van der Waals surface area contributed by atoms with E-state index in [0.29, 0.717) is 24.3 Å². The number of hydrogen-bond donors (Lipinski definition) is 1. The molecule has 0 bridgehead atoms. The maximum absolute atomic E-state index is 13.3. The molecule has 0 unspecified atom stereocenters. The lowest BCUT2D eigenvalue weighted by Gasteiger charge is -2.31. The number of piperidine rings is 1. The molecule has 1 amide bonds. The van der Waals surface area contributed by atoms with Crippen molar-refractivity contribution in [3.05, 3.63) is 42.0 Å². The minimum atomic E-state index is -3.86. The van der Waals surface area contributed by atoms with Crippen molar-refractivity contribution in [3.63, 3.8) is 0 Å². The molecule has 10 nitrogen and oxygen atoms in total.